The highest BCUT2D eigenvalue weighted by Crippen LogP contribution is 2.40. The van der Waals surface area contributed by atoms with Crippen LogP contribution < -0.4 is 24.8 Å². The second kappa shape index (κ2) is 9.70. The summed E-state index contributed by atoms with van der Waals surface area (Å²) >= 11 is 1.17. The summed E-state index contributed by atoms with van der Waals surface area (Å²) in [5, 5.41) is 7.15. The molecule has 0 fully saturated rings. The van der Waals surface area contributed by atoms with E-state index in [0.717, 1.165) is 0 Å². The summed E-state index contributed by atoms with van der Waals surface area (Å²) < 4.78 is 30.9. The molecule has 2 aromatic carbocycles. The van der Waals surface area contributed by atoms with Gasteiger partial charge in [0.25, 0.3) is 0 Å². The van der Waals surface area contributed by atoms with Gasteiger partial charge in [0.2, 0.25) is 17.6 Å². The zero-order chi connectivity index (χ0) is 23.4. The predicted octanol–water partition coefficient (Wildman–Crippen LogP) is 4.34. The van der Waals surface area contributed by atoms with Gasteiger partial charge in [-0.3, -0.25) is 14.9 Å². The highest BCUT2D eigenvalue weighted by molar-refractivity contribution is 7.14. The molecule has 0 bridgehead atoms. The zero-order valence-electron chi connectivity index (χ0n) is 17.8. The molecule has 8 nitrogen and oxygen atoms in total. The van der Waals surface area contributed by atoms with Gasteiger partial charge < -0.3 is 19.5 Å². The molecule has 1 aliphatic heterocycles. The number of methoxy groups -OCH3 is 1. The summed E-state index contributed by atoms with van der Waals surface area (Å²) in [4.78, 5) is 27.8. The van der Waals surface area contributed by atoms with E-state index in [-0.39, 0.29) is 11.5 Å². The molecule has 0 radical (unpaired) electrons. The first-order chi connectivity index (χ1) is 15.9. The Morgan fingerprint density at radius 1 is 1.18 bits per heavy atom. The number of carbonyl (C=O) groups is 2. The van der Waals surface area contributed by atoms with Gasteiger partial charge in [0.1, 0.15) is 19.0 Å². The fourth-order valence-electron chi connectivity index (χ4n) is 3.17. The van der Waals surface area contributed by atoms with Crippen molar-refractivity contribution >= 4 is 40.0 Å². The molecule has 170 valence electrons. The number of ether oxygens (including phenoxy) is 3. The van der Waals surface area contributed by atoms with Gasteiger partial charge in [-0.1, -0.05) is 0 Å². The Morgan fingerprint density at radius 2 is 2.00 bits per heavy atom. The van der Waals surface area contributed by atoms with Crippen LogP contribution in [0.25, 0.3) is 17.3 Å². The molecule has 33 heavy (non-hydrogen) atoms. The van der Waals surface area contributed by atoms with E-state index in [1.807, 2.05) is 0 Å². The van der Waals surface area contributed by atoms with E-state index in [1.54, 1.807) is 29.7 Å². The Labute approximate surface area is 193 Å². The van der Waals surface area contributed by atoms with Crippen molar-refractivity contribution in [3.05, 3.63) is 53.2 Å². The summed E-state index contributed by atoms with van der Waals surface area (Å²) in [5.74, 6) is 0.393. The Balaban J connectivity index is 1.44. The third-order valence-corrected chi connectivity index (χ3v) is 5.33. The standard InChI is InChI=1S/C23H20FN3O5S/c1-13(28)25-15-4-5-16(17(24)11-15)18-12-33-23(26-18)27-21(29)6-3-14-9-19(30-2)22-20(10-14)31-7-8-32-22/h3-6,9-12H,7-8H2,1-2H3,(H,25,28)(H,26,27,29)/b6-3+. The number of carbonyl (C=O) groups excluding carboxylic acids is 2. The third kappa shape index (κ3) is 5.29. The quantitative estimate of drug-likeness (QED) is 0.521. The summed E-state index contributed by atoms with van der Waals surface area (Å²) in [6.45, 7) is 2.23. The topological polar surface area (TPSA) is 98.8 Å². The van der Waals surface area contributed by atoms with E-state index in [2.05, 4.69) is 15.6 Å². The number of hydrogen-bond acceptors (Lipinski definition) is 7. The molecule has 2 amide bonds. The molecular formula is C23H20FN3O5S. The van der Waals surface area contributed by atoms with Gasteiger partial charge >= 0.3 is 0 Å². The second-order valence-corrected chi connectivity index (χ2v) is 7.84. The number of amides is 2. The third-order valence-electron chi connectivity index (χ3n) is 4.58. The van der Waals surface area contributed by atoms with Crippen LogP contribution >= 0.6 is 11.3 Å². The number of nitrogens with one attached hydrogen (secondary N) is 2. The van der Waals surface area contributed by atoms with E-state index in [1.165, 1.54) is 43.6 Å². The molecule has 4 rings (SSSR count). The van der Waals surface area contributed by atoms with Gasteiger partial charge in [-0.2, -0.15) is 0 Å². The zero-order valence-corrected chi connectivity index (χ0v) is 18.6. The Bertz CT molecular complexity index is 1220. The maximum atomic E-state index is 14.4. The number of benzene rings is 2. The first-order valence-electron chi connectivity index (χ1n) is 9.92. The molecule has 0 atom stereocenters. The van der Waals surface area contributed by atoms with Crippen LogP contribution in [-0.2, 0) is 9.59 Å². The van der Waals surface area contributed by atoms with Crippen molar-refractivity contribution in [2.24, 2.45) is 0 Å². The molecule has 1 aromatic heterocycles. The molecule has 0 spiro atoms. The minimum Gasteiger partial charge on any atom is -0.493 e. The summed E-state index contributed by atoms with van der Waals surface area (Å²) in [5.41, 5.74) is 1.70. The minimum absolute atomic E-state index is 0.264. The lowest BCUT2D eigenvalue weighted by Crippen LogP contribution is -2.16. The highest BCUT2D eigenvalue weighted by Gasteiger charge is 2.18. The van der Waals surface area contributed by atoms with Crippen LogP contribution in [-0.4, -0.2) is 37.1 Å². The normalized spacial score (nSPS) is 12.5. The molecule has 0 unspecified atom stereocenters. The van der Waals surface area contributed by atoms with E-state index in [9.17, 15) is 14.0 Å². The Hall–Kier alpha value is -3.92. The lowest BCUT2D eigenvalue weighted by Gasteiger charge is -2.20. The van der Waals surface area contributed by atoms with Crippen LogP contribution in [0.15, 0.2) is 41.8 Å². The molecule has 2 heterocycles. The average Bonchev–Trinajstić information content (AvgIpc) is 3.24. The van der Waals surface area contributed by atoms with Crippen molar-refractivity contribution in [1.82, 2.24) is 4.98 Å². The number of aromatic nitrogens is 1. The van der Waals surface area contributed by atoms with Crippen LogP contribution in [0.4, 0.5) is 15.2 Å². The number of rotatable bonds is 6. The SMILES string of the molecule is COc1cc(/C=C/C(=O)Nc2nc(-c3ccc(NC(C)=O)cc3F)cs2)cc2c1OCCO2. The monoisotopic (exact) mass is 469 g/mol. The largest absolute Gasteiger partial charge is 0.493 e. The fraction of sp³-hybridized carbons (Fsp3) is 0.174. The molecule has 0 saturated heterocycles. The average molecular weight is 469 g/mol. The van der Waals surface area contributed by atoms with Crippen molar-refractivity contribution < 1.29 is 28.2 Å². The van der Waals surface area contributed by atoms with Crippen LogP contribution in [0.3, 0.4) is 0 Å². The van der Waals surface area contributed by atoms with Gasteiger partial charge in [-0.05, 0) is 42.0 Å². The van der Waals surface area contributed by atoms with E-state index in [4.69, 9.17) is 14.2 Å². The van der Waals surface area contributed by atoms with Crippen molar-refractivity contribution in [2.45, 2.75) is 6.92 Å². The molecule has 1 aliphatic rings. The maximum Gasteiger partial charge on any atom is 0.250 e. The van der Waals surface area contributed by atoms with Crippen molar-refractivity contribution in [1.29, 1.82) is 0 Å². The highest BCUT2D eigenvalue weighted by atomic mass is 32.1. The van der Waals surface area contributed by atoms with Gasteiger partial charge in [-0.25, -0.2) is 9.37 Å². The Kier molecular flexibility index (Phi) is 6.55. The van der Waals surface area contributed by atoms with Crippen molar-refractivity contribution in [3.63, 3.8) is 0 Å². The van der Waals surface area contributed by atoms with Crippen LogP contribution in [0, 0.1) is 5.82 Å². The first-order valence-corrected chi connectivity index (χ1v) is 10.8. The van der Waals surface area contributed by atoms with Crippen molar-refractivity contribution in [2.75, 3.05) is 31.0 Å². The summed E-state index contributed by atoms with van der Waals surface area (Å²) in [7, 11) is 1.53. The lowest BCUT2D eigenvalue weighted by molar-refractivity contribution is -0.114. The van der Waals surface area contributed by atoms with E-state index in [0.29, 0.717) is 52.5 Å². The van der Waals surface area contributed by atoms with E-state index >= 15 is 0 Å². The second-order valence-electron chi connectivity index (χ2n) is 6.98. The number of nitrogens with zero attached hydrogens (tertiary/aromatic N) is 1. The van der Waals surface area contributed by atoms with Crippen LogP contribution in [0.1, 0.15) is 12.5 Å². The first kappa shape index (κ1) is 22.3. The number of thiazole rings is 1. The smallest absolute Gasteiger partial charge is 0.250 e. The van der Waals surface area contributed by atoms with Crippen LogP contribution in [0.2, 0.25) is 0 Å². The minimum atomic E-state index is -0.531. The van der Waals surface area contributed by atoms with Gasteiger partial charge in [0, 0.05) is 29.6 Å². The Morgan fingerprint density at radius 3 is 2.76 bits per heavy atom. The van der Waals surface area contributed by atoms with Crippen LogP contribution in [0.5, 0.6) is 17.2 Å². The molecule has 0 saturated carbocycles. The van der Waals surface area contributed by atoms with Gasteiger partial charge in [-0.15, -0.1) is 11.3 Å². The van der Waals surface area contributed by atoms with Gasteiger partial charge in [0.15, 0.2) is 16.6 Å². The molecule has 0 aliphatic carbocycles. The van der Waals surface area contributed by atoms with E-state index < -0.39 is 11.7 Å². The molecule has 3 aromatic rings. The number of fused-ring (bicyclic) bond motifs is 1. The summed E-state index contributed by atoms with van der Waals surface area (Å²) in [6.07, 6.45) is 2.97. The summed E-state index contributed by atoms with van der Waals surface area (Å²) in [6, 6.07) is 7.83. The molecule has 10 heteroatoms. The maximum absolute atomic E-state index is 14.4. The van der Waals surface area contributed by atoms with Gasteiger partial charge in [0.05, 0.1) is 12.8 Å². The fourth-order valence-corrected chi connectivity index (χ4v) is 3.88. The number of hydrogen-bond donors (Lipinski definition) is 2. The molecule has 2 N–H and O–H groups in total. The molecular weight excluding hydrogens is 449 g/mol. The number of halogens is 1. The number of anilines is 2. The lowest BCUT2D eigenvalue weighted by atomic mass is 10.1. The van der Waals surface area contributed by atoms with Crippen molar-refractivity contribution in [3.8, 4) is 28.5 Å². The predicted molar refractivity (Wildman–Crippen MR) is 123 cm³/mol.